The van der Waals surface area contributed by atoms with Gasteiger partial charge in [0.1, 0.15) is 11.3 Å². The van der Waals surface area contributed by atoms with E-state index in [2.05, 4.69) is 15.8 Å². The van der Waals surface area contributed by atoms with Gasteiger partial charge in [-0.25, -0.2) is 0 Å². The first-order valence-corrected chi connectivity index (χ1v) is 6.25. The van der Waals surface area contributed by atoms with E-state index in [0.29, 0.717) is 36.5 Å². The van der Waals surface area contributed by atoms with E-state index in [4.69, 9.17) is 4.52 Å². The molecule has 2 rings (SSSR count). The summed E-state index contributed by atoms with van der Waals surface area (Å²) in [5.41, 5.74) is 1.13. The lowest BCUT2D eigenvalue weighted by atomic mass is 10.1. The summed E-state index contributed by atoms with van der Waals surface area (Å²) in [6, 6.07) is 0. The maximum Gasteiger partial charge on any atom is 0.256 e. The first-order chi connectivity index (χ1) is 8.63. The lowest BCUT2D eigenvalue weighted by Gasteiger charge is -2.13. The van der Waals surface area contributed by atoms with Crippen LogP contribution in [0.1, 0.15) is 28.7 Å². The molecule has 0 bridgehead atoms. The normalized spacial score (nSPS) is 23.3. The highest BCUT2D eigenvalue weighted by molar-refractivity contribution is 5.96. The van der Waals surface area contributed by atoms with Gasteiger partial charge in [0.15, 0.2) is 0 Å². The highest BCUT2D eigenvalue weighted by atomic mass is 16.5. The fraction of sp³-hybridized carbons (Fsp3) is 0.667. The summed E-state index contributed by atoms with van der Waals surface area (Å²) in [4.78, 5) is 12.1. The summed E-state index contributed by atoms with van der Waals surface area (Å²) in [5, 5.41) is 19.4. The first-order valence-electron chi connectivity index (χ1n) is 6.25. The largest absolute Gasteiger partial charge is 0.391 e. The van der Waals surface area contributed by atoms with Gasteiger partial charge in [-0.2, -0.15) is 0 Å². The quantitative estimate of drug-likeness (QED) is 0.695. The van der Waals surface area contributed by atoms with E-state index >= 15 is 0 Å². The number of β-amino-alcohol motifs (C(OH)–C–C–N with tert-alkyl or cyclic N) is 1. The molecule has 100 valence electrons. The monoisotopic (exact) mass is 253 g/mol. The number of aliphatic hydroxyl groups excluding tert-OH is 1. The number of carbonyl (C=O) groups excluding carboxylic acids is 1. The highest BCUT2D eigenvalue weighted by Crippen LogP contribution is 2.14. The summed E-state index contributed by atoms with van der Waals surface area (Å²) in [6.45, 7) is 5.45. The Labute approximate surface area is 106 Å². The number of rotatable bonds is 4. The van der Waals surface area contributed by atoms with Gasteiger partial charge in [-0.1, -0.05) is 12.1 Å². The van der Waals surface area contributed by atoms with Crippen molar-refractivity contribution in [2.75, 3.05) is 19.6 Å². The Balaban J connectivity index is 1.97. The van der Waals surface area contributed by atoms with Gasteiger partial charge in [0, 0.05) is 32.0 Å². The second kappa shape index (κ2) is 5.49. The lowest BCUT2D eigenvalue weighted by Crippen LogP contribution is -2.34. The molecule has 1 aromatic heterocycles. The smallest absolute Gasteiger partial charge is 0.256 e. The number of nitrogens with one attached hydrogen (secondary N) is 2. The van der Waals surface area contributed by atoms with Gasteiger partial charge < -0.3 is 20.3 Å². The third-order valence-corrected chi connectivity index (χ3v) is 3.31. The Morgan fingerprint density at radius 3 is 3.00 bits per heavy atom. The highest BCUT2D eigenvalue weighted by Gasteiger charge is 2.26. The Morgan fingerprint density at radius 1 is 1.61 bits per heavy atom. The number of hydrogen-bond donors (Lipinski definition) is 3. The first kappa shape index (κ1) is 13.0. The Bertz CT molecular complexity index is 430. The molecule has 1 saturated heterocycles. The molecule has 0 aromatic carbocycles. The van der Waals surface area contributed by atoms with Crippen LogP contribution in [0, 0.1) is 12.8 Å². The molecule has 1 aromatic rings. The average molecular weight is 253 g/mol. The third kappa shape index (κ3) is 2.54. The molecule has 6 nitrogen and oxygen atoms in total. The molecule has 1 aliphatic rings. The van der Waals surface area contributed by atoms with Crippen LogP contribution in [0.3, 0.4) is 0 Å². The number of nitrogens with zero attached hydrogens (tertiary/aromatic N) is 1. The number of hydrogen-bond acceptors (Lipinski definition) is 5. The van der Waals surface area contributed by atoms with Crippen molar-refractivity contribution < 1.29 is 14.4 Å². The van der Waals surface area contributed by atoms with Crippen LogP contribution in [0.4, 0.5) is 0 Å². The van der Waals surface area contributed by atoms with Crippen LogP contribution in [0.25, 0.3) is 0 Å². The van der Waals surface area contributed by atoms with Crippen LogP contribution in [0.2, 0.25) is 0 Å². The lowest BCUT2D eigenvalue weighted by molar-refractivity contribution is 0.0924. The predicted octanol–water partition coefficient (Wildman–Crippen LogP) is -0.144. The summed E-state index contributed by atoms with van der Waals surface area (Å²) >= 11 is 0. The van der Waals surface area contributed by atoms with E-state index < -0.39 is 0 Å². The number of aliphatic hydroxyl groups is 1. The zero-order valence-electron chi connectivity index (χ0n) is 10.7. The molecule has 0 aliphatic carbocycles. The summed E-state index contributed by atoms with van der Waals surface area (Å²) in [7, 11) is 0. The van der Waals surface area contributed by atoms with Crippen molar-refractivity contribution in [2.45, 2.75) is 26.4 Å². The molecule has 2 heterocycles. The van der Waals surface area contributed by atoms with Crippen molar-refractivity contribution in [3.05, 3.63) is 17.0 Å². The minimum atomic E-state index is -0.389. The number of carbonyl (C=O) groups is 1. The molecule has 0 spiro atoms. The second-order valence-corrected chi connectivity index (χ2v) is 4.62. The van der Waals surface area contributed by atoms with Gasteiger partial charge in [-0.15, -0.1) is 0 Å². The van der Waals surface area contributed by atoms with E-state index in [-0.39, 0.29) is 17.9 Å². The van der Waals surface area contributed by atoms with E-state index in [0.717, 1.165) is 6.54 Å². The van der Waals surface area contributed by atoms with Crippen LogP contribution in [-0.2, 0) is 6.42 Å². The minimum absolute atomic E-state index is 0.0687. The molecule has 0 saturated carbocycles. The van der Waals surface area contributed by atoms with Crippen LogP contribution >= 0.6 is 0 Å². The predicted molar refractivity (Wildman–Crippen MR) is 65.3 cm³/mol. The molecule has 1 fully saturated rings. The number of amides is 1. The molecule has 2 atom stereocenters. The Morgan fingerprint density at radius 2 is 2.39 bits per heavy atom. The zero-order valence-corrected chi connectivity index (χ0v) is 10.7. The van der Waals surface area contributed by atoms with Crippen molar-refractivity contribution >= 4 is 5.91 Å². The Kier molecular flexibility index (Phi) is 3.98. The topological polar surface area (TPSA) is 87.4 Å². The van der Waals surface area contributed by atoms with Gasteiger partial charge >= 0.3 is 0 Å². The standard InChI is InChI=1S/C12H19N3O3/c1-3-10-11(7(2)15-18-10)12(17)14-5-8-4-13-6-9(8)16/h8-9,13,16H,3-6H2,1-2H3,(H,14,17). The summed E-state index contributed by atoms with van der Waals surface area (Å²) in [5.74, 6) is 0.499. The van der Waals surface area contributed by atoms with Crippen LogP contribution in [-0.4, -0.2) is 41.9 Å². The molecule has 3 N–H and O–H groups in total. The molecule has 2 unspecified atom stereocenters. The molecule has 6 heteroatoms. The number of aryl methyl sites for hydroxylation is 2. The van der Waals surface area contributed by atoms with Crippen LogP contribution in [0.5, 0.6) is 0 Å². The van der Waals surface area contributed by atoms with Crippen molar-refractivity contribution in [1.82, 2.24) is 15.8 Å². The minimum Gasteiger partial charge on any atom is -0.391 e. The molecule has 1 amide bonds. The molecule has 1 aliphatic heterocycles. The van der Waals surface area contributed by atoms with Crippen LogP contribution in [0.15, 0.2) is 4.52 Å². The molecular formula is C12H19N3O3. The maximum absolute atomic E-state index is 12.1. The van der Waals surface area contributed by atoms with Gasteiger partial charge in [0.25, 0.3) is 5.91 Å². The second-order valence-electron chi connectivity index (χ2n) is 4.62. The zero-order chi connectivity index (χ0) is 13.1. The summed E-state index contributed by atoms with van der Waals surface area (Å²) in [6.07, 6.45) is 0.247. The fourth-order valence-corrected chi connectivity index (χ4v) is 2.19. The average Bonchev–Trinajstić information content (AvgIpc) is 2.92. The fourth-order valence-electron chi connectivity index (χ4n) is 2.19. The van der Waals surface area contributed by atoms with Gasteiger partial charge in [-0.05, 0) is 6.92 Å². The van der Waals surface area contributed by atoms with Gasteiger partial charge in [0.2, 0.25) is 0 Å². The van der Waals surface area contributed by atoms with E-state index in [9.17, 15) is 9.90 Å². The SMILES string of the molecule is CCc1onc(C)c1C(=O)NCC1CNCC1O. The Hall–Kier alpha value is -1.40. The van der Waals surface area contributed by atoms with Crippen LogP contribution < -0.4 is 10.6 Å². The van der Waals surface area contributed by atoms with Gasteiger partial charge in [-0.3, -0.25) is 4.79 Å². The van der Waals surface area contributed by atoms with Gasteiger partial charge in [0.05, 0.1) is 11.8 Å². The van der Waals surface area contributed by atoms with Crippen molar-refractivity contribution in [3.63, 3.8) is 0 Å². The number of aromatic nitrogens is 1. The van der Waals surface area contributed by atoms with E-state index in [1.807, 2.05) is 6.92 Å². The van der Waals surface area contributed by atoms with Crippen molar-refractivity contribution in [1.29, 1.82) is 0 Å². The van der Waals surface area contributed by atoms with Crippen molar-refractivity contribution in [3.8, 4) is 0 Å². The summed E-state index contributed by atoms with van der Waals surface area (Å²) < 4.78 is 5.09. The van der Waals surface area contributed by atoms with Crippen molar-refractivity contribution in [2.24, 2.45) is 5.92 Å². The molecular weight excluding hydrogens is 234 g/mol. The van der Waals surface area contributed by atoms with E-state index in [1.165, 1.54) is 0 Å². The molecule has 18 heavy (non-hydrogen) atoms. The maximum atomic E-state index is 12.1. The van der Waals surface area contributed by atoms with E-state index in [1.54, 1.807) is 6.92 Å². The molecule has 0 radical (unpaired) electrons. The third-order valence-electron chi connectivity index (χ3n) is 3.31.